The van der Waals surface area contributed by atoms with Crippen molar-refractivity contribution in [1.29, 1.82) is 0 Å². The monoisotopic (exact) mass is 424 g/mol. The Balaban J connectivity index is 0.000000269. The standard InChI is InChI=1S/C15H11NO5S.C7H9N/c1-16-12-6-10-11(7-13(12)22(19,20)21)15(18)9-5-3-2-4-8(9)14(10)17;8-6-7-4-2-1-3-5-7/h2-7,16H,1H3,(H,19,20,21);1-5H,6,8H2. The predicted octanol–water partition coefficient (Wildman–Crippen LogP) is 1.84. The highest BCUT2D eigenvalue weighted by Gasteiger charge is 2.31. The van der Waals surface area contributed by atoms with E-state index in [1.54, 1.807) is 12.1 Å². The van der Waals surface area contributed by atoms with Crippen LogP contribution in [0, 0.1) is 0 Å². The average molecular weight is 424 g/mol. The Morgan fingerprint density at radius 2 is 1.33 bits per heavy atom. The minimum atomic E-state index is -4.77. The number of ketones is 2. The van der Waals surface area contributed by atoms with Crippen LogP contribution in [0.2, 0.25) is 0 Å². The summed E-state index contributed by atoms with van der Waals surface area (Å²) in [5.74, 6) is -0.852. The number of rotatable bonds is 3. The Morgan fingerprint density at radius 3 is 1.77 bits per heavy atom. The van der Waals surface area contributed by atoms with E-state index in [1.165, 1.54) is 30.8 Å². The molecule has 0 heterocycles. The van der Waals surface area contributed by atoms with Crippen LogP contribution in [0.5, 0.6) is 0 Å². The Hall–Kier alpha value is -3.33. The molecule has 0 bridgehead atoms. The molecule has 3 aromatic rings. The lowest BCUT2D eigenvalue weighted by molar-refractivity contribution is -0.386. The van der Waals surface area contributed by atoms with Gasteiger partial charge in [0.05, 0.1) is 17.1 Å². The van der Waals surface area contributed by atoms with E-state index in [-0.39, 0.29) is 33.7 Å². The summed E-state index contributed by atoms with van der Waals surface area (Å²) < 4.78 is 34.0. The van der Waals surface area contributed by atoms with Crippen LogP contribution in [0.3, 0.4) is 0 Å². The molecule has 0 unspecified atom stereocenters. The number of quaternary nitrogens is 1. The van der Waals surface area contributed by atoms with Crippen LogP contribution >= 0.6 is 0 Å². The zero-order chi connectivity index (χ0) is 21.9. The van der Waals surface area contributed by atoms with Crippen LogP contribution in [0.1, 0.15) is 37.4 Å². The molecular formula is C22H20N2O5S. The fourth-order valence-electron chi connectivity index (χ4n) is 3.17. The first-order chi connectivity index (χ1) is 14.3. The molecule has 0 saturated carbocycles. The highest BCUT2D eigenvalue weighted by atomic mass is 32.2. The van der Waals surface area contributed by atoms with Gasteiger partial charge in [0.1, 0.15) is 10.1 Å². The van der Waals surface area contributed by atoms with Crippen LogP contribution < -0.4 is 11.1 Å². The van der Waals surface area contributed by atoms with Crippen molar-refractivity contribution in [2.24, 2.45) is 0 Å². The molecule has 30 heavy (non-hydrogen) atoms. The minimum Gasteiger partial charge on any atom is -0.744 e. The molecule has 0 spiro atoms. The lowest BCUT2D eigenvalue weighted by Crippen LogP contribution is -2.47. The molecule has 0 radical (unpaired) electrons. The zero-order valence-corrected chi connectivity index (χ0v) is 17.0. The Kier molecular flexibility index (Phi) is 6.12. The van der Waals surface area contributed by atoms with Gasteiger partial charge in [-0.1, -0.05) is 54.6 Å². The van der Waals surface area contributed by atoms with Gasteiger partial charge in [0, 0.05) is 34.9 Å². The van der Waals surface area contributed by atoms with E-state index in [0.717, 1.165) is 12.6 Å². The summed E-state index contributed by atoms with van der Waals surface area (Å²) in [6.07, 6.45) is 0. The number of anilines is 1. The fourth-order valence-corrected chi connectivity index (χ4v) is 3.86. The number of benzene rings is 3. The third-order valence-corrected chi connectivity index (χ3v) is 5.57. The van der Waals surface area contributed by atoms with Crippen molar-refractivity contribution >= 4 is 27.4 Å². The van der Waals surface area contributed by atoms with Crippen molar-refractivity contribution in [3.05, 3.63) is 94.5 Å². The van der Waals surface area contributed by atoms with Gasteiger partial charge >= 0.3 is 0 Å². The van der Waals surface area contributed by atoms with Gasteiger partial charge < -0.3 is 15.6 Å². The van der Waals surface area contributed by atoms with Crippen molar-refractivity contribution in [2.75, 3.05) is 12.4 Å². The zero-order valence-electron chi connectivity index (χ0n) is 16.2. The van der Waals surface area contributed by atoms with E-state index in [2.05, 4.69) is 23.2 Å². The Labute approximate surface area is 174 Å². The number of fused-ring (bicyclic) bond motifs is 2. The number of hydrogen-bond donors (Lipinski definition) is 2. The topological polar surface area (TPSA) is 131 Å². The molecular weight excluding hydrogens is 404 g/mol. The van der Waals surface area contributed by atoms with E-state index in [0.29, 0.717) is 0 Å². The largest absolute Gasteiger partial charge is 0.744 e. The van der Waals surface area contributed by atoms with Gasteiger partial charge in [-0.15, -0.1) is 0 Å². The normalized spacial score (nSPS) is 12.4. The van der Waals surface area contributed by atoms with Gasteiger partial charge in [-0.3, -0.25) is 9.59 Å². The maximum absolute atomic E-state index is 12.5. The molecule has 4 rings (SSSR count). The number of carbonyl (C=O) groups excluding carboxylic acids is 2. The molecule has 0 saturated heterocycles. The quantitative estimate of drug-likeness (QED) is 0.483. The molecule has 4 N–H and O–H groups in total. The van der Waals surface area contributed by atoms with E-state index in [4.69, 9.17) is 0 Å². The molecule has 7 nitrogen and oxygen atoms in total. The minimum absolute atomic E-state index is 0.00530. The maximum Gasteiger partial charge on any atom is 0.194 e. The van der Waals surface area contributed by atoms with Crippen LogP contribution in [0.4, 0.5) is 5.69 Å². The summed E-state index contributed by atoms with van der Waals surface area (Å²) in [6.45, 7) is 0.890. The lowest BCUT2D eigenvalue weighted by atomic mass is 9.84. The number of hydrogen-bond acceptors (Lipinski definition) is 6. The van der Waals surface area contributed by atoms with Crippen LogP contribution in [-0.4, -0.2) is 31.6 Å². The van der Waals surface area contributed by atoms with Gasteiger partial charge in [-0.25, -0.2) is 8.42 Å². The highest BCUT2D eigenvalue weighted by molar-refractivity contribution is 7.86. The first-order valence-corrected chi connectivity index (χ1v) is 10.5. The van der Waals surface area contributed by atoms with Gasteiger partial charge in [0.25, 0.3) is 0 Å². The SMILES string of the molecule is CNc1cc2c(cc1S(=O)(=O)[O-])C(=O)c1ccccc1C2=O.[NH3+]Cc1ccccc1. The fraction of sp³-hybridized carbons (Fsp3) is 0.0909. The average Bonchev–Trinajstić information content (AvgIpc) is 2.77. The summed E-state index contributed by atoms with van der Waals surface area (Å²) in [7, 11) is -3.34. The smallest absolute Gasteiger partial charge is 0.194 e. The molecule has 0 aliphatic heterocycles. The van der Waals surface area contributed by atoms with Crippen LogP contribution in [-0.2, 0) is 16.7 Å². The second-order valence-electron chi connectivity index (χ2n) is 6.54. The van der Waals surface area contributed by atoms with Crippen molar-refractivity contribution in [3.8, 4) is 0 Å². The number of nitrogens with one attached hydrogen (secondary N) is 1. The summed E-state index contributed by atoms with van der Waals surface area (Å²) in [5, 5.41) is 2.57. The molecule has 0 aromatic heterocycles. The first kappa shape index (κ1) is 21.4. The molecule has 154 valence electrons. The van der Waals surface area contributed by atoms with Gasteiger partial charge in [-0.05, 0) is 12.1 Å². The molecule has 0 atom stereocenters. The number of carbonyl (C=O) groups is 2. The Morgan fingerprint density at radius 1 is 0.833 bits per heavy atom. The first-order valence-electron chi connectivity index (χ1n) is 9.11. The maximum atomic E-state index is 12.5. The van der Waals surface area contributed by atoms with Gasteiger partial charge in [-0.2, -0.15) is 0 Å². The van der Waals surface area contributed by atoms with Gasteiger partial charge in [0.2, 0.25) is 0 Å². The molecule has 3 aromatic carbocycles. The highest BCUT2D eigenvalue weighted by Crippen LogP contribution is 2.32. The summed E-state index contributed by atoms with van der Waals surface area (Å²) in [6, 6.07) is 18.7. The molecule has 0 amide bonds. The third-order valence-electron chi connectivity index (χ3n) is 4.70. The van der Waals surface area contributed by atoms with Gasteiger partial charge in [0.15, 0.2) is 11.6 Å². The van der Waals surface area contributed by atoms with E-state index in [1.807, 2.05) is 18.2 Å². The summed E-state index contributed by atoms with van der Waals surface area (Å²) in [5.41, 5.74) is 5.52. The van der Waals surface area contributed by atoms with Crippen LogP contribution in [0.25, 0.3) is 0 Å². The van der Waals surface area contributed by atoms with E-state index in [9.17, 15) is 22.6 Å². The summed E-state index contributed by atoms with van der Waals surface area (Å²) >= 11 is 0. The predicted molar refractivity (Wildman–Crippen MR) is 110 cm³/mol. The van der Waals surface area contributed by atoms with Crippen molar-refractivity contribution in [1.82, 2.24) is 0 Å². The summed E-state index contributed by atoms with van der Waals surface area (Å²) in [4.78, 5) is 24.4. The lowest BCUT2D eigenvalue weighted by Gasteiger charge is -2.21. The molecule has 0 fully saturated rings. The third kappa shape index (κ3) is 4.16. The van der Waals surface area contributed by atoms with Crippen molar-refractivity contribution in [3.63, 3.8) is 0 Å². The van der Waals surface area contributed by atoms with Crippen LogP contribution in [0.15, 0.2) is 71.6 Å². The molecule has 1 aliphatic rings. The van der Waals surface area contributed by atoms with Crippen molar-refractivity contribution < 1.29 is 28.3 Å². The Bertz CT molecular complexity index is 1220. The van der Waals surface area contributed by atoms with E-state index >= 15 is 0 Å². The molecule has 8 heteroatoms. The molecule has 1 aliphatic carbocycles. The second-order valence-corrected chi connectivity index (χ2v) is 7.89. The van der Waals surface area contributed by atoms with E-state index < -0.39 is 20.8 Å². The second kappa shape index (κ2) is 8.58. The van der Waals surface area contributed by atoms with Crippen molar-refractivity contribution in [2.45, 2.75) is 11.4 Å².